The topological polar surface area (TPSA) is 218 Å². The van der Waals surface area contributed by atoms with Crippen molar-refractivity contribution in [2.24, 2.45) is 5.41 Å². The fourth-order valence-corrected chi connectivity index (χ4v) is 4.11. The van der Waals surface area contributed by atoms with Crippen LogP contribution in [0.15, 0.2) is 0 Å². The van der Waals surface area contributed by atoms with Gasteiger partial charge in [0.25, 0.3) is 0 Å². The molecule has 5 amide bonds. The molecule has 0 aliphatic carbocycles. The van der Waals surface area contributed by atoms with E-state index in [1.54, 1.807) is 41.5 Å². The molecule has 0 aromatic carbocycles. The second-order valence-electron chi connectivity index (χ2n) is 14.1. The van der Waals surface area contributed by atoms with E-state index in [1.165, 1.54) is 0 Å². The number of hydrogen-bond donors (Lipinski definition) is 6. The Bertz CT molecular complexity index is 1090. The summed E-state index contributed by atoms with van der Waals surface area (Å²) in [7, 11) is 0. The molecule has 0 spiro atoms. The fourth-order valence-electron chi connectivity index (χ4n) is 4.11. The van der Waals surface area contributed by atoms with Gasteiger partial charge in [-0.25, -0.2) is 4.79 Å². The smallest absolute Gasteiger partial charge is 0.407 e. The Hall–Kier alpha value is -3.91. The van der Waals surface area contributed by atoms with Gasteiger partial charge in [-0.3, -0.25) is 28.8 Å². The van der Waals surface area contributed by atoms with Crippen LogP contribution in [0.25, 0.3) is 0 Å². The van der Waals surface area contributed by atoms with E-state index in [-0.39, 0.29) is 43.6 Å². The van der Waals surface area contributed by atoms with E-state index in [2.05, 4.69) is 33.5 Å². The lowest BCUT2D eigenvalue weighted by Crippen LogP contribution is -2.54. The number of nitrogens with one attached hydrogen (secondary N) is 5. The zero-order chi connectivity index (χ0) is 37.1. The second kappa shape index (κ2) is 21.1. The van der Waals surface area contributed by atoms with Crippen LogP contribution in [0.1, 0.15) is 120 Å². The van der Waals surface area contributed by atoms with Crippen LogP contribution in [0, 0.1) is 5.41 Å². The first-order valence-electron chi connectivity index (χ1n) is 16.6. The Balaban J connectivity index is 5.54. The van der Waals surface area contributed by atoms with Crippen molar-refractivity contribution >= 4 is 41.7 Å². The van der Waals surface area contributed by atoms with E-state index in [9.17, 15) is 38.7 Å². The highest BCUT2D eigenvalue weighted by atomic mass is 16.6. The van der Waals surface area contributed by atoms with Crippen molar-refractivity contribution in [3.05, 3.63) is 0 Å². The van der Waals surface area contributed by atoms with Crippen LogP contribution in [-0.2, 0) is 38.2 Å². The van der Waals surface area contributed by atoms with Crippen LogP contribution >= 0.6 is 0 Å². The summed E-state index contributed by atoms with van der Waals surface area (Å²) in [6.07, 6.45) is 1.03. The van der Waals surface area contributed by atoms with Crippen molar-refractivity contribution in [3.63, 3.8) is 0 Å². The lowest BCUT2D eigenvalue weighted by molar-refractivity contribution is -0.154. The maximum Gasteiger partial charge on any atom is 0.407 e. The summed E-state index contributed by atoms with van der Waals surface area (Å²) >= 11 is 0. The number of aliphatic carboxylic acids is 1. The third-order valence-electron chi connectivity index (χ3n) is 7.34. The number of carbonyl (C=O) groups is 7. The first-order chi connectivity index (χ1) is 22.1. The number of carboxylic acids is 1. The lowest BCUT2D eigenvalue weighted by Gasteiger charge is -2.26. The van der Waals surface area contributed by atoms with Crippen LogP contribution in [0.2, 0.25) is 0 Å². The van der Waals surface area contributed by atoms with Crippen LogP contribution in [0.5, 0.6) is 0 Å². The Morgan fingerprint density at radius 2 is 1.21 bits per heavy atom. The summed E-state index contributed by atoms with van der Waals surface area (Å²) in [5, 5.41) is 22.1. The van der Waals surface area contributed by atoms with Crippen molar-refractivity contribution in [1.29, 1.82) is 0 Å². The van der Waals surface area contributed by atoms with Gasteiger partial charge in [-0.15, -0.1) is 0 Å². The molecule has 15 nitrogen and oxygen atoms in total. The third-order valence-corrected chi connectivity index (χ3v) is 7.34. The average Bonchev–Trinajstić information content (AvgIpc) is 2.96. The molecule has 0 aliphatic heterocycles. The molecule has 0 bridgehead atoms. The van der Waals surface area contributed by atoms with E-state index in [4.69, 9.17) is 9.47 Å². The highest BCUT2D eigenvalue weighted by Gasteiger charge is 2.28. The monoisotopic (exact) mass is 685 g/mol. The molecule has 0 aromatic heterocycles. The molecule has 48 heavy (non-hydrogen) atoms. The van der Waals surface area contributed by atoms with Gasteiger partial charge in [0.15, 0.2) is 0 Å². The van der Waals surface area contributed by atoms with E-state index >= 15 is 0 Å². The lowest BCUT2D eigenvalue weighted by atomic mass is 9.85. The quantitative estimate of drug-likeness (QED) is 0.0767. The first-order valence-corrected chi connectivity index (χ1v) is 16.6. The molecule has 0 fully saturated rings. The average molecular weight is 686 g/mol. The zero-order valence-electron chi connectivity index (χ0n) is 30.3. The Morgan fingerprint density at radius 1 is 0.646 bits per heavy atom. The van der Waals surface area contributed by atoms with Gasteiger partial charge in [0.2, 0.25) is 23.6 Å². The highest BCUT2D eigenvalue weighted by Crippen LogP contribution is 2.23. The largest absolute Gasteiger partial charge is 0.481 e. The van der Waals surface area contributed by atoms with Crippen molar-refractivity contribution in [3.8, 4) is 0 Å². The molecule has 0 rings (SSSR count). The van der Waals surface area contributed by atoms with Crippen molar-refractivity contribution in [2.45, 2.75) is 143 Å². The standard InChI is InChI=1S/C33H59N5O10/c1-10-33(9,11-2)21-36-24(39)16-17-25(40)37-22(14-12-13-19-34-30(46)48-32(6,7)8)29(45)38-23(15-18-26(41)42)28(44)35-20-27(43)47-31(3,4)5/h22-23H,10-21H2,1-9H3,(H,34,46)(H,35,44)(H,36,39)(H,37,40)(H,38,45)(H,41,42). The molecule has 6 N–H and O–H groups in total. The molecule has 0 aromatic rings. The molecule has 0 radical (unpaired) electrons. The minimum Gasteiger partial charge on any atom is -0.481 e. The number of hydrogen-bond acceptors (Lipinski definition) is 9. The van der Waals surface area contributed by atoms with Gasteiger partial charge in [-0.1, -0.05) is 20.8 Å². The van der Waals surface area contributed by atoms with E-state index in [1.807, 2.05) is 13.8 Å². The van der Waals surface area contributed by atoms with E-state index in [0.717, 1.165) is 12.8 Å². The van der Waals surface area contributed by atoms with Crippen molar-refractivity contribution in [1.82, 2.24) is 26.6 Å². The van der Waals surface area contributed by atoms with Gasteiger partial charge in [0, 0.05) is 32.4 Å². The Kier molecular flexibility index (Phi) is 19.4. The molecule has 0 saturated heterocycles. The number of unbranched alkanes of at least 4 members (excludes halogenated alkanes) is 1. The van der Waals surface area contributed by atoms with Crippen LogP contribution < -0.4 is 26.6 Å². The van der Waals surface area contributed by atoms with E-state index in [0.29, 0.717) is 19.4 Å². The third kappa shape index (κ3) is 21.8. The molecule has 15 heteroatoms. The van der Waals surface area contributed by atoms with Gasteiger partial charge in [-0.05, 0) is 85.5 Å². The SMILES string of the molecule is CCC(C)(CC)CNC(=O)CCC(=O)NC(CCCCNC(=O)OC(C)(C)C)C(=O)NC(CCC(=O)O)C(=O)NCC(=O)OC(C)(C)C. The summed E-state index contributed by atoms with van der Waals surface area (Å²) in [4.78, 5) is 86.9. The summed E-state index contributed by atoms with van der Waals surface area (Å²) in [6.45, 7) is 16.5. The molecular weight excluding hydrogens is 626 g/mol. The predicted molar refractivity (Wildman–Crippen MR) is 179 cm³/mol. The molecular formula is C33H59N5O10. The molecule has 2 atom stereocenters. The van der Waals surface area contributed by atoms with Crippen molar-refractivity contribution < 1.29 is 48.1 Å². The summed E-state index contributed by atoms with van der Waals surface area (Å²) in [6, 6.07) is -2.47. The van der Waals surface area contributed by atoms with E-state index < -0.39 is 72.0 Å². The Morgan fingerprint density at radius 3 is 1.75 bits per heavy atom. The van der Waals surface area contributed by atoms with Gasteiger partial charge in [0.05, 0.1) is 0 Å². The summed E-state index contributed by atoms with van der Waals surface area (Å²) in [5.41, 5.74) is -1.52. The van der Waals surface area contributed by atoms with Crippen LogP contribution in [-0.4, -0.2) is 89.7 Å². The molecule has 276 valence electrons. The van der Waals surface area contributed by atoms with Crippen molar-refractivity contribution in [2.75, 3.05) is 19.6 Å². The minimum absolute atomic E-state index is 0.0597. The van der Waals surface area contributed by atoms with Crippen LogP contribution in [0.3, 0.4) is 0 Å². The van der Waals surface area contributed by atoms with Gasteiger partial charge >= 0.3 is 18.0 Å². The number of carboxylic acid groups (broad SMARTS) is 1. The summed E-state index contributed by atoms with van der Waals surface area (Å²) < 4.78 is 10.4. The van der Waals surface area contributed by atoms with Gasteiger partial charge < -0.3 is 41.2 Å². The molecule has 0 saturated carbocycles. The minimum atomic E-state index is -1.33. The fraction of sp³-hybridized carbons (Fsp3) is 0.788. The highest BCUT2D eigenvalue weighted by molar-refractivity contribution is 5.93. The number of amides is 5. The maximum absolute atomic E-state index is 13.4. The first kappa shape index (κ1) is 44.1. The normalized spacial score (nSPS) is 12.9. The number of rotatable bonds is 21. The number of esters is 1. The number of carbonyl (C=O) groups excluding carboxylic acids is 6. The zero-order valence-corrected chi connectivity index (χ0v) is 30.3. The molecule has 0 heterocycles. The van der Waals surface area contributed by atoms with Gasteiger partial charge in [0.1, 0.15) is 29.8 Å². The number of ether oxygens (including phenoxy) is 2. The van der Waals surface area contributed by atoms with Crippen LogP contribution in [0.4, 0.5) is 4.79 Å². The second-order valence-corrected chi connectivity index (χ2v) is 14.1. The maximum atomic E-state index is 13.4. The van der Waals surface area contributed by atoms with Gasteiger partial charge in [-0.2, -0.15) is 0 Å². The Labute approximate surface area is 284 Å². The molecule has 0 aliphatic rings. The number of alkyl carbamates (subject to hydrolysis) is 1. The molecule has 2 unspecified atom stereocenters. The summed E-state index contributed by atoms with van der Waals surface area (Å²) in [5.74, 6) is -4.34. The predicted octanol–water partition coefficient (Wildman–Crippen LogP) is 2.70.